The van der Waals surface area contributed by atoms with Crippen molar-refractivity contribution >= 4 is 11.6 Å². The topological polar surface area (TPSA) is 67.0 Å². The molecule has 0 saturated carbocycles. The fourth-order valence-electron chi connectivity index (χ4n) is 2.53. The van der Waals surface area contributed by atoms with Crippen LogP contribution < -0.4 is 10.1 Å². The Balaban J connectivity index is 1.77. The second-order valence-corrected chi connectivity index (χ2v) is 4.92. The molecule has 1 amide bonds. The number of benzene rings is 1. The minimum absolute atomic E-state index is 0.158. The fourth-order valence-corrected chi connectivity index (χ4v) is 2.53. The number of carbonyl (C=O) groups excluding carboxylic acids is 1. The first kappa shape index (κ1) is 12.7. The molecule has 1 aromatic heterocycles. The summed E-state index contributed by atoms with van der Waals surface area (Å²) >= 11 is 0. The molecule has 3 rings (SSSR count). The SMILES string of the molecule is COc1ccc(NC(=O)c2n[nH]c3c2CCCC3)cc1. The number of carbonyl (C=O) groups is 1. The highest BCUT2D eigenvalue weighted by molar-refractivity contribution is 6.04. The number of anilines is 1. The number of nitrogens with zero attached hydrogens (tertiary/aromatic N) is 1. The van der Waals surface area contributed by atoms with Gasteiger partial charge in [-0.25, -0.2) is 0 Å². The van der Waals surface area contributed by atoms with Crippen LogP contribution in [0.15, 0.2) is 24.3 Å². The van der Waals surface area contributed by atoms with Crippen molar-refractivity contribution in [2.75, 3.05) is 12.4 Å². The van der Waals surface area contributed by atoms with Gasteiger partial charge in [0.25, 0.3) is 5.91 Å². The number of H-pyrrole nitrogens is 1. The lowest BCUT2D eigenvalue weighted by Gasteiger charge is -2.11. The summed E-state index contributed by atoms with van der Waals surface area (Å²) in [6.45, 7) is 0. The molecule has 1 heterocycles. The monoisotopic (exact) mass is 271 g/mol. The number of amides is 1. The smallest absolute Gasteiger partial charge is 0.276 e. The Morgan fingerprint density at radius 1 is 1.25 bits per heavy atom. The van der Waals surface area contributed by atoms with Crippen molar-refractivity contribution in [1.82, 2.24) is 10.2 Å². The van der Waals surface area contributed by atoms with Gasteiger partial charge in [0.05, 0.1) is 7.11 Å². The van der Waals surface area contributed by atoms with E-state index in [4.69, 9.17) is 4.74 Å². The van der Waals surface area contributed by atoms with Crippen LogP contribution in [0.25, 0.3) is 0 Å². The summed E-state index contributed by atoms with van der Waals surface area (Å²) < 4.78 is 5.09. The fraction of sp³-hybridized carbons (Fsp3) is 0.333. The summed E-state index contributed by atoms with van der Waals surface area (Å²) in [6, 6.07) is 7.26. The quantitative estimate of drug-likeness (QED) is 0.901. The molecule has 0 saturated heterocycles. The van der Waals surface area contributed by atoms with Gasteiger partial charge >= 0.3 is 0 Å². The van der Waals surface area contributed by atoms with E-state index in [1.807, 2.05) is 24.3 Å². The van der Waals surface area contributed by atoms with E-state index in [1.165, 1.54) is 0 Å². The molecule has 0 bridgehead atoms. The first-order chi connectivity index (χ1) is 9.78. The molecule has 1 aliphatic rings. The molecule has 104 valence electrons. The molecule has 0 radical (unpaired) electrons. The predicted molar refractivity (Wildman–Crippen MR) is 76.2 cm³/mol. The van der Waals surface area contributed by atoms with Crippen LogP contribution in [0.4, 0.5) is 5.69 Å². The van der Waals surface area contributed by atoms with Crippen molar-refractivity contribution in [1.29, 1.82) is 0 Å². The molecule has 0 atom stereocenters. The van der Waals surface area contributed by atoms with Crippen LogP contribution in [-0.4, -0.2) is 23.2 Å². The van der Waals surface area contributed by atoms with Crippen molar-refractivity contribution in [2.45, 2.75) is 25.7 Å². The lowest BCUT2D eigenvalue weighted by Crippen LogP contribution is -2.15. The Bertz CT molecular complexity index is 617. The van der Waals surface area contributed by atoms with Gasteiger partial charge < -0.3 is 10.1 Å². The number of nitrogens with one attached hydrogen (secondary N) is 2. The molecule has 5 nitrogen and oxygen atoms in total. The van der Waals surface area contributed by atoms with Crippen LogP contribution >= 0.6 is 0 Å². The van der Waals surface area contributed by atoms with Crippen LogP contribution in [0, 0.1) is 0 Å². The highest BCUT2D eigenvalue weighted by atomic mass is 16.5. The van der Waals surface area contributed by atoms with Crippen LogP contribution in [0.5, 0.6) is 5.75 Å². The number of aromatic amines is 1. The summed E-state index contributed by atoms with van der Waals surface area (Å²) in [5.74, 6) is 0.606. The summed E-state index contributed by atoms with van der Waals surface area (Å²) in [5.41, 5.74) is 3.44. The third-order valence-electron chi connectivity index (χ3n) is 3.62. The maximum atomic E-state index is 12.3. The van der Waals surface area contributed by atoms with E-state index in [9.17, 15) is 4.79 Å². The third-order valence-corrected chi connectivity index (χ3v) is 3.62. The van der Waals surface area contributed by atoms with Gasteiger partial charge in [-0.1, -0.05) is 0 Å². The van der Waals surface area contributed by atoms with E-state index in [0.717, 1.165) is 48.4 Å². The Labute approximate surface area is 117 Å². The molecule has 0 spiro atoms. The minimum atomic E-state index is -0.158. The van der Waals surface area contributed by atoms with E-state index >= 15 is 0 Å². The van der Waals surface area contributed by atoms with Gasteiger partial charge in [-0.3, -0.25) is 9.89 Å². The molecule has 1 aliphatic carbocycles. The Morgan fingerprint density at radius 2 is 2.00 bits per heavy atom. The van der Waals surface area contributed by atoms with Crippen LogP contribution in [0.2, 0.25) is 0 Å². The Hall–Kier alpha value is -2.30. The average molecular weight is 271 g/mol. The van der Waals surface area contributed by atoms with Crippen molar-refractivity contribution in [3.8, 4) is 5.75 Å². The van der Waals surface area contributed by atoms with Gasteiger partial charge in [-0.15, -0.1) is 0 Å². The van der Waals surface area contributed by atoms with Gasteiger partial charge in [0, 0.05) is 16.9 Å². The van der Waals surface area contributed by atoms with Crippen LogP contribution in [0.3, 0.4) is 0 Å². The molecule has 0 fully saturated rings. The number of fused-ring (bicyclic) bond motifs is 1. The number of aromatic nitrogens is 2. The number of hydrogen-bond acceptors (Lipinski definition) is 3. The van der Waals surface area contributed by atoms with E-state index in [2.05, 4.69) is 15.5 Å². The van der Waals surface area contributed by atoms with Crippen LogP contribution in [-0.2, 0) is 12.8 Å². The summed E-state index contributed by atoms with van der Waals surface area (Å²) in [5, 5.41) is 10.0. The molecule has 5 heteroatoms. The molecule has 2 aromatic rings. The largest absolute Gasteiger partial charge is 0.497 e. The standard InChI is InChI=1S/C15H17N3O2/c1-20-11-8-6-10(7-9-11)16-15(19)14-12-4-2-3-5-13(12)17-18-14/h6-9H,2-5H2,1H3,(H,16,19)(H,17,18). The van der Waals surface area contributed by atoms with E-state index in [-0.39, 0.29) is 5.91 Å². The van der Waals surface area contributed by atoms with Crippen molar-refractivity contribution in [2.24, 2.45) is 0 Å². The van der Waals surface area contributed by atoms with Gasteiger partial charge in [0.15, 0.2) is 5.69 Å². The van der Waals surface area contributed by atoms with Crippen LogP contribution in [0.1, 0.15) is 34.6 Å². The first-order valence-corrected chi connectivity index (χ1v) is 6.79. The molecule has 2 N–H and O–H groups in total. The molecule has 1 aromatic carbocycles. The average Bonchev–Trinajstić information content (AvgIpc) is 2.92. The highest BCUT2D eigenvalue weighted by Gasteiger charge is 2.21. The zero-order chi connectivity index (χ0) is 13.9. The van der Waals surface area contributed by atoms with Gasteiger partial charge in [0.1, 0.15) is 5.75 Å². The zero-order valence-electron chi connectivity index (χ0n) is 11.4. The summed E-state index contributed by atoms with van der Waals surface area (Å²) in [4.78, 5) is 12.3. The molecule has 0 unspecified atom stereocenters. The maximum Gasteiger partial charge on any atom is 0.276 e. The predicted octanol–water partition coefficient (Wildman–Crippen LogP) is 2.55. The summed E-state index contributed by atoms with van der Waals surface area (Å²) in [7, 11) is 1.61. The maximum absolute atomic E-state index is 12.3. The number of methoxy groups -OCH3 is 1. The molecular weight excluding hydrogens is 254 g/mol. The second kappa shape index (κ2) is 5.36. The Morgan fingerprint density at radius 3 is 2.75 bits per heavy atom. The molecule has 0 aliphatic heterocycles. The third kappa shape index (κ3) is 2.39. The number of aryl methyl sites for hydroxylation is 1. The minimum Gasteiger partial charge on any atom is -0.497 e. The normalized spacial score (nSPS) is 13.7. The lowest BCUT2D eigenvalue weighted by atomic mass is 9.96. The van der Waals surface area contributed by atoms with Crippen molar-refractivity contribution < 1.29 is 9.53 Å². The lowest BCUT2D eigenvalue weighted by molar-refractivity contribution is 0.102. The molecular formula is C15H17N3O2. The first-order valence-electron chi connectivity index (χ1n) is 6.79. The summed E-state index contributed by atoms with van der Waals surface area (Å²) in [6.07, 6.45) is 4.19. The zero-order valence-corrected chi connectivity index (χ0v) is 11.4. The number of ether oxygens (including phenoxy) is 1. The van der Waals surface area contributed by atoms with Gasteiger partial charge in [-0.2, -0.15) is 5.10 Å². The Kier molecular flexibility index (Phi) is 3.41. The van der Waals surface area contributed by atoms with Crippen molar-refractivity contribution in [3.63, 3.8) is 0 Å². The van der Waals surface area contributed by atoms with E-state index < -0.39 is 0 Å². The number of hydrogen-bond donors (Lipinski definition) is 2. The second-order valence-electron chi connectivity index (χ2n) is 4.92. The van der Waals surface area contributed by atoms with E-state index in [1.54, 1.807) is 7.11 Å². The highest BCUT2D eigenvalue weighted by Crippen LogP contribution is 2.23. The van der Waals surface area contributed by atoms with Gasteiger partial charge in [-0.05, 0) is 49.9 Å². The molecule has 20 heavy (non-hydrogen) atoms. The number of rotatable bonds is 3. The van der Waals surface area contributed by atoms with Crippen molar-refractivity contribution in [3.05, 3.63) is 41.2 Å². The van der Waals surface area contributed by atoms with E-state index in [0.29, 0.717) is 5.69 Å². The van der Waals surface area contributed by atoms with Gasteiger partial charge in [0.2, 0.25) is 0 Å².